The number of amides is 1. The summed E-state index contributed by atoms with van der Waals surface area (Å²) in [6, 6.07) is 9.19. The van der Waals surface area contributed by atoms with E-state index >= 15 is 0 Å². The van der Waals surface area contributed by atoms with Gasteiger partial charge in [0.2, 0.25) is 0 Å². The number of hydrogen-bond acceptors (Lipinski definition) is 3. The molecule has 0 atom stereocenters. The van der Waals surface area contributed by atoms with Gasteiger partial charge in [-0.15, -0.1) is 0 Å². The summed E-state index contributed by atoms with van der Waals surface area (Å²) in [4.78, 5) is 17.8. The lowest BCUT2D eigenvalue weighted by atomic mass is 10.1. The quantitative estimate of drug-likeness (QED) is 0.536. The first-order valence-corrected chi connectivity index (χ1v) is 5.96. The van der Waals surface area contributed by atoms with E-state index in [0.29, 0.717) is 5.69 Å². The summed E-state index contributed by atoms with van der Waals surface area (Å²) < 4.78 is 0. The molecule has 3 aromatic rings. The van der Waals surface area contributed by atoms with E-state index in [4.69, 9.17) is 10.8 Å². The van der Waals surface area contributed by atoms with Crippen LogP contribution in [-0.4, -0.2) is 21.2 Å². The Bertz CT molecular complexity index is 777. The lowest BCUT2D eigenvalue weighted by molar-refractivity contribution is 0.209. The van der Waals surface area contributed by atoms with Gasteiger partial charge in [-0.05, 0) is 17.7 Å². The zero-order chi connectivity index (χ0) is 14.1. The summed E-state index contributed by atoms with van der Waals surface area (Å²) in [7, 11) is 0. The molecule has 0 aliphatic rings. The largest absolute Gasteiger partial charge is 0.465 e. The number of benzene rings is 1. The maximum atomic E-state index is 10.6. The van der Waals surface area contributed by atoms with Gasteiger partial charge in [-0.2, -0.15) is 0 Å². The van der Waals surface area contributed by atoms with Gasteiger partial charge in [0.15, 0.2) is 0 Å². The molecule has 6 nitrogen and oxygen atoms in total. The summed E-state index contributed by atoms with van der Waals surface area (Å²) >= 11 is 0. The molecular formula is C14H12N4O2. The third-order valence-corrected chi connectivity index (χ3v) is 3.02. The van der Waals surface area contributed by atoms with E-state index in [2.05, 4.69) is 15.3 Å². The molecule has 2 heterocycles. The SMILES string of the molecule is Nc1ccc(-c2c[nH]c3cc(NC(=O)O)ncc23)cc1. The number of carboxylic acid groups (broad SMARTS) is 1. The van der Waals surface area contributed by atoms with Gasteiger partial charge in [0, 0.05) is 35.1 Å². The highest BCUT2D eigenvalue weighted by Gasteiger charge is 2.08. The van der Waals surface area contributed by atoms with Crippen molar-refractivity contribution >= 4 is 28.5 Å². The predicted molar refractivity (Wildman–Crippen MR) is 77.6 cm³/mol. The van der Waals surface area contributed by atoms with Gasteiger partial charge in [-0.1, -0.05) is 12.1 Å². The van der Waals surface area contributed by atoms with Crippen molar-refractivity contribution in [1.82, 2.24) is 9.97 Å². The number of nitrogens with two attached hydrogens (primary N) is 1. The van der Waals surface area contributed by atoms with Crippen molar-refractivity contribution in [3.63, 3.8) is 0 Å². The number of hydrogen-bond donors (Lipinski definition) is 4. The minimum Gasteiger partial charge on any atom is -0.465 e. The number of pyridine rings is 1. The molecule has 2 aromatic heterocycles. The van der Waals surface area contributed by atoms with Crippen molar-refractivity contribution in [2.75, 3.05) is 11.1 Å². The molecule has 0 aliphatic heterocycles. The molecule has 0 aliphatic carbocycles. The number of fused-ring (bicyclic) bond motifs is 1. The van der Waals surface area contributed by atoms with Crippen molar-refractivity contribution in [2.24, 2.45) is 0 Å². The highest BCUT2D eigenvalue weighted by Crippen LogP contribution is 2.29. The van der Waals surface area contributed by atoms with Crippen LogP contribution >= 0.6 is 0 Å². The highest BCUT2D eigenvalue weighted by atomic mass is 16.4. The summed E-state index contributed by atoms with van der Waals surface area (Å²) in [5.74, 6) is 0.288. The molecule has 0 unspecified atom stereocenters. The average Bonchev–Trinajstić information content (AvgIpc) is 2.82. The Balaban J connectivity index is 2.05. The van der Waals surface area contributed by atoms with Gasteiger partial charge in [-0.3, -0.25) is 5.32 Å². The number of rotatable bonds is 2. The number of H-pyrrole nitrogens is 1. The number of nitrogens with one attached hydrogen (secondary N) is 2. The first kappa shape index (κ1) is 12.0. The maximum absolute atomic E-state index is 10.6. The Morgan fingerprint density at radius 1 is 1.30 bits per heavy atom. The molecule has 100 valence electrons. The zero-order valence-corrected chi connectivity index (χ0v) is 10.4. The summed E-state index contributed by atoms with van der Waals surface area (Å²) in [5, 5.41) is 11.8. The first-order valence-electron chi connectivity index (χ1n) is 5.96. The number of nitrogen functional groups attached to an aromatic ring is 1. The fourth-order valence-corrected chi connectivity index (χ4v) is 2.10. The first-order chi connectivity index (χ1) is 9.63. The van der Waals surface area contributed by atoms with Gasteiger partial charge < -0.3 is 15.8 Å². The molecule has 1 aromatic carbocycles. The Morgan fingerprint density at radius 3 is 2.75 bits per heavy atom. The fourth-order valence-electron chi connectivity index (χ4n) is 2.10. The lowest BCUT2D eigenvalue weighted by Gasteiger charge is -2.02. The van der Waals surface area contributed by atoms with E-state index in [1.807, 2.05) is 30.5 Å². The van der Waals surface area contributed by atoms with Gasteiger partial charge in [-0.25, -0.2) is 9.78 Å². The fraction of sp³-hybridized carbons (Fsp3) is 0. The Morgan fingerprint density at radius 2 is 2.05 bits per heavy atom. The average molecular weight is 268 g/mol. The summed E-state index contributed by atoms with van der Waals surface area (Å²) in [6.07, 6.45) is 2.37. The van der Waals surface area contributed by atoms with E-state index in [-0.39, 0.29) is 5.82 Å². The molecule has 0 saturated carbocycles. The second-order valence-corrected chi connectivity index (χ2v) is 4.37. The Labute approximate surface area is 114 Å². The van der Waals surface area contributed by atoms with Crippen molar-refractivity contribution in [1.29, 1.82) is 0 Å². The van der Waals surface area contributed by atoms with E-state index in [1.165, 1.54) is 0 Å². The molecule has 0 saturated heterocycles. The topological polar surface area (TPSA) is 104 Å². The Hall–Kier alpha value is -3.02. The number of carbonyl (C=O) groups is 1. The number of aromatic nitrogens is 2. The van der Waals surface area contributed by atoms with Crippen LogP contribution in [0.4, 0.5) is 16.3 Å². The second-order valence-electron chi connectivity index (χ2n) is 4.37. The van der Waals surface area contributed by atoms with E-state index < -0.39 is 6.09 Å². The van der Waals surface area contributed by atoms with Crippen LogP contribution < -0.4 is 11.1 Å². The smallest absolute Gasteiger partial charge is 0.410 e. The van der Waals surface area contributed by atoms with Crippen LogP contribution in [0.5, 0.6) is 0 Å². The summed E-state index contributed by atoms with van der Waals surface area (Å²) in [5.41, 5.74) is 9.21. The predicted octanol–water partition coefficient (Wildman–Crippen LogP) is 2.90. The third kappa shape index (κ3) is 2.14. The monoisotopic (exact) mass is 268 g/mol. The van der Waals surface area contributed by atoms with Crippen molar-refractivity contribution < 1.29 is 9.90 Å². The normalized spacial score (nSPS) is 10.6. The molecule has 0 radical (unpaired) electrons. The van der Waals surface area contributed by atoms with Crippen molar-refractivity contribution in [2.45, 2.75) is 0 Å². The van der Waals surface area contributed by atoms with Crippen molar-refractivity contribution in [3.8, 4) is 11.1 Å². The molecule has 1 amide bonds. The van der Waals surface area contributed by atoms with Crippen LogP contribution in [0, 0.1) is 0 Å². The molecule has 0 spiro atoms. The highest BCUT2D eigenvalue weighted by molar-refractivity contribution is 5.97. The second kappa shape index (κ2) is 4.58. The van der Waals surface area contributed by atoms with Crippen LogP contribution in [0.2, 0.25) is 0 Å². The molecule has 0 fully saturated rings. The van der Waals surface area contributed by atoms with Gasteiger partial charge in [0.25, 0.3) is 0 Å². The summed E-state index contributed by atoms with van der Waals surface area (Å²) in [6.45, 7) is 0. The van der Waals surface area contributed by atoms with E-state index in [1.54, 1.807) is 12.3 Å². The van der Waals surface area contributed by atoms with Gasteiger partial charge in [0.05, 0.1) is 5.52 Å². The van der Waals surface area contributed by atoms with E-state index in [0.717, 1.165) is 22.0 Å². The minimum absolute atomic E-state index is 0.288. The standard InChI is InChI=1S/C14H12N4O2/c15-9-3-1-8(2-4-9)10-6-16-12-5-13(18-14(19)20)17-7-11(10)12/h1-7,16H,15H2,(H,17,18)(H,19,20). The zero-order valence-electron chi connectivity index (χ0n) is 10.4. The third-order valence-electron chi connectivity index (χ3n) is 3.02. The van der Waals surface area contributed by atoms with Crippen LogP contribution in [0.3, 0.4) is 0 Å². The lowest BCUT2D eigenvalue weighted by Crippen LogP contribution is -2.08. The maximum Gasteiger partial charge on any atom is 0.410 e. The van der Waals surface area contributed by atoms with Gasteiger partial charge in [0.1, 0.15) is 5.82 Å². The van der Waals surface area contributed by atoms with Crippen LogP contribution in [0.15, 0.2) is 42.7 Å². The van der Waals surface area contributed by atoms with Crippen LogP contribution in [0.25, 0.3) is 22.0 Å². The molecule has 3 rings (SSSR count). The van der Waals surface area contributed by atoms with Crippen molar-refractivity contribution in [3.05, 3.63) is 42.7 Å². The van der Waals surface area contributed by atoms with Crippen LogP contribution in [-0.2, 0) is 0 Å². The molecule has 6 heteroatoms. The van der Waals surface area contributed by atoms with E-state index in [9.17, 15) is 4.79 Å². The molecule has 20 heavy (non-hydrogen) atoms. The molecular weight excluding hydrogens is 256 g/mol. The number of anilines is 2. The molecule has 0 bridgehead atoms. The number of nitrogens with zero attached hydrogens (tertiary/aromatic N) is 1. The molecule has 5 N–H and O–H groups in total. The Kier molecular flexibility index (Phi) is 2.76. The van der Waals surface area contributed by atoms with Crippen LogP contribution in [0.1, 0.15) is 0 Å². The number of aromatic amines is 1. The minimum atomic E-state index is -1.14. The van der Waals surface area contributed by atoms with Gasteiger partial charge >= 0.3 is 6.09 Å².